The quantitative estimate of drug-likeness (QED) is 0.822. The minimum atomic E-state index is -0.604. The van der Waals surface area contributed by atoms with E-state index in [2.05, 4.69) is 11.8 Å². The van der Waals surface area contributed by atoms with Crippen LogP contribution in [0.1, 0.15) is 22.2 Å². The lowest BCUT2D eigenvalue weighted by atomic mass is 10.1. The van der Waals surface area contributed by atoms with Crippen LogP contribution in [-0.4, -0.2) is 11.2 Å². The van der Waals surface area contributed by atoms with E-state index in [1.807, 2.05) is 12.1 Å². The molecular formula is C15H13FOS. The second kappa shape index (κ2) is 5.81. The summed E-state index contributed by atoms with van der Waals surface area (Å²) < 4.78 is 12.8. The number of rotatable bonds is 2. The lowest BCUT2D eigenvalue weighted by Crippen LogP contribution is -1.91. The highest BCUT2D eigenvalue weighted by atomic mass is 32.1. The molecule has 1 aromatic heterocycles. The molecule has 0 saturated carbocycles. The summed E-state index contributed by atoms with van der Waals surface area (Å²) in [4.78, 5) is 2.12. The molecule has 0 saturated heterocycles. The molecule has 0 unspecified atom stereocenters. The summed E-state index contributed by atoms with van der Waals surface area (Å²) in [6.45, 7) is 1.64. The Kier molecular flexibility index (Phi) is 4.14. The Morgan fingerprint density at radius 3 is 2.61 bits per heavy atom. The second-order valence-electron chi connectivity index (χ2n) is 4.01. The van der Waals surface area contributed by atoms with Crippen molar-refractivity contribution in [2.45, 2.75) is 19.4 Å². The zero-order valence-corrected chi connectivity index (χ0v) is 10.8. The third-order valence-corrected chi connectivity index (χ3v) is 3.36. The van der Waals surface area contributed by atoms with Gasteiger partial charge in [-0.2, -0.15) is 0 Å². The van der Waals surface area contributed by atoms with Gasteiger partial charge in [0.2, 0.25) is 0 Å². The molecule has 1 heterocycles. The summed E-state index contributed by atoms with van der Waals surface area (Å²) in [6.07, 6.45) is 0.175. The van der Waals surface area contributed by atoms with Gasteiger partial charge in [0.1, 0.15) is 11.9 Å². The summed E-state index contributed by atoms with van der Waals surface area (Å²) >= 11 is 1.60. The van der Waals surface area contributed by atoms with E-state index in [9.17, 15) is 4.39 Å². The Bertz CT molecular complexity index is 573. The Morgan fingerprint density at radius 2 is 1.94 bits per heavy atom. The molecular weight excluding hydrogens is 247 g/mol. The third kappa shape index (κ3) is 3.69. The van der Waals surface area contributed by atoms with Crippen molar-refractivity contribution < 1.29 is 9.50 Å². The van der Waals surface area contributed by atoms with Crippen LogP contribution < -0.4 is 0 Å². The molecule has 0 fully saturated rings. The first kappa shape index (κ1) is 12.8. The van der Waals surface area contributed by atoms with Crippen LogP contribution in [0.2, 0.25) is 0 Å². The molecule has 92 valence electrons. The molecule has 1 N–H and O–H groups in total. The van der Waals surface area contributed by atoms with Crippen molar-refractivity contribution >= 4 is 11.3 Å². The van der Waals surface area contributed by atoms with Gasteiger partial charge in [-0.25, -0.2) is 4.39 Å². The van der Waals surface area contributed by atoms with Gasteiger partial charge in [0, 0.05) is 11.3 Å². The van der Waals surface area contributed by atoms with Crippen molar-refractivity contribution in [3.63, 3.8) is 0 Å². The highest BCUT2D eigenvalue weighted by Crippen LogP contribution is 2.19. The normalized spacial score (nSPS) is 11.7. The zero-order valence-electron chi connectivity index (χ0n) is 9.98. The van der Waals surface area contributed by atoms with Gasteiger partial charge in [0.25, 0.3) is 0 Å². The molecule has 2 rings (SSSR count). The Morgan fingerprint density at radius 1 is 1.22 bits per heavy atom. The predicted octanol–water partition coefficient (Wildman–Crippen LogP) is 3.21. The largest absolute Gasteiger partial charge is 0.381 e. The fourth-order valence-corrected chi connectivity index (χ4v) is 2.42. The van der Waals surface area contributed by atoms with Gasteiger partial charge in [0.05, 0.1) is 4.88 Å². The van der Waals surface area contributed by atoms with E-state index >= 15 is 0 Å². The van der Waals surface area contributed by atoms with E-state index < -0.39 is 6.10 Å². The van der Waals surface area contributed by atoms with E-state index in [1.54, 1.807) is 30.4 Å². The molecule has 3 heteroatoms. The van der Waals surface area contributed by atoms with Crippen LogP contribution in [0.25, 0.3) is 0 Å². The predicted molar refractivity (Wildman–Crippen MR) is 72.1 cm³/mol. The van der Waals surface area contributed by atoms with Gasteiger partial charge < -0.3 is 5.11 Å². The van der Waals surface area contributed by atoms with Crippen LogP contribution in [0.3, 0.4) is 0 Å². The lowest BCUT2D eigenvalue weighted by molar-refractivity contribution is 0.253. The number of aliphatic hydroxyl groups excluding tert-OH is 1. The maximum absolute atomic E-state index is 12.8. The minimum Gasteiger partial charge on any atom is -0.381 e. The van der Waals surface area contributed by atoms with Crippen LogP contribution in [0.5, 0.6) is 0 Å². The van der Waals surface area contributed by atoms with E-state index in [0.29, 0.717) is 0 Å². The molecule has 0 bridgehead atoms. The number of thiophene rings is 1. The highest BCUT2D eigenvalue weighted by molar-refractivity contribution is 7.12. The molecule has 0 aliphatic heterocycles. The molecule has 1 nitrogen and oxygen atoms in total. The smallest absolute Gasteiger partial charge is 0.123 e. The number of hydrogen-bond acceptors (Lipinski definition) is 2. The van der Waals surface area contributed by atoms with Crippen molar-refractivity contribution in [3.8, 4) is 11.8 Å². The van der Waals surface area contributed by atoms with Crippen LogP contribution >= 0.6 is 11.3 Å². The zero-order chi connectivity index (χ0) is 13.0. The molecule has 0 spiro atoms. The van der Waals surface area contributed by atoms with Gasteiger partial charge in [-0.1, -0.05) is 24.0 Å². The van der Waals surface area contributed by atoms with Gasteiger partial charge in [-0.05, 0) is 36.8 Å². The molecule has 0 amide bonds. The number of hydrogen-bond donors (Lipinski definition) is 1. The first-order valence-electron chi connectivity index (χ1n) is 5.66. The van der Waals surface area contributed by atoms with Crippen molar-refractivity contribution in [1.82, 2.24) is 0 Å². The number of halogens is 1. The van der Waals surface area contributed by atoms with Crippen molar-refractivity contribution in [1.29, 1.82) is 0 Å². The van der Waals surface area contributed by atoms with Crippen LogP contribution in [0.4, 0.5) is 4.39 Å². The maximum Gasteiger partial charge on any atom is 0.123 e. The van der Waals surface area contributed by atoms with E-state index in [0.717, 1.165) is 16.9 Å². The first-order valence-corrected chi connectivity index (χ1v) is 6.48. The lowest BCUT2D eigenvalue weighted by Gasteiger charge is -1.97. The van der Waals surface area contributed by atoms with Crippen LogP contribution in [0, 0.1) is 17.7 Å². The number of aliphatic hydroxyl groups is 1. The first-order chi connectivity index (χ1) is 8.63. The Balaban J connectivity index is 2.07. The van der Waals surface area contributed by atoms with Gasteiger partial charge in [0.15, 0.2) is 0 Å². The Hall–Kier alpha value is -1.63. The molecule has 1 atom stereocenters. The average molecular weight is 260 g/mol. The molecule has 0 aliphatic rings. The number of benzene rings is 1. The summed E-state index contributed by atoms with van der Waals surface area (Å²) in [6, 6.07) is 10.5. The van der Waals surface area contributed by atoms with Crippen LogP contribution in [-0.2, 0) is 6.42 Å². The maximum atomic E-state index is 12.8. The minimum absolute atomic E-state index is 0.214. The van der Waals surface area contributed by atoms with Crippen molar-refractivity contribution in [2.24, 2.45) is 0 Å². The van der Waals surface area contributed by atoms with E-state index in [4.69, 9.17) is 5.11 Å². The van der Waals surface area contributed by atoms with Crippen molar-refractivity contribution in [2.75, 3.05) is 0 Å². The van der Waals surface area contributed by atoms with Crippen LogP contribution in [0.15, 0.2) is 36.4 Å². The van der Waals surface area contributed by atoms with Gasteiger partial charge >= 0.3 is 0 Å². The van der Waals surface area contributed by atoms with E-state index in [1.165, 1.54) is 17.0 Å². The van der Waals surface area contributed by atoms with Gasteiger partial charge in [-0.3, -0.25) is 0 Å². The SMILES string of the molecule is C[C@H](O)C#Cc1ccc(Cc2ccc(F)cc2)s1. The fraction of sp³-hybridized carbons (Fsp3) is 0.200. The molecule has 1 aromatic carbocycles. The highest BCUT2D eigenvalue weighted by Gasteiger charge is 2.00. The molecule has 18 heavy (non-hydrogen) atoms. The topological polar surface area (TPSA) is 20.2 Å². The summed E-state index contributed by atoms with van der Waals surface area (Å²) in [5, 5.41) is 9.08. The van der Waals surface area contributed by atoms with E-state index in [-0.39, 0.29) is 5.82 Å². The average Bonchev–Trinajstić information content (AvgIpc) is 2.77. The van der Waals surface area contributed by atoms with Crippen molar-refractivity contribution in [3.05, 3.63) is 57.5 Å². The monoisotopic (exact) mass is 260 g/mol. The fourth-order valence-electron chi connectivity index (χ4n) is 1.52. The van der Waals surface area contributed by atoms with Gasteiger partial charge in [-0.15, -0.1) is 11.3 Å². The second-order valence-corrected chi connectivity index (χ2v) is 5.18. The summed E-state index contributed by atoms with van der Waals surface area (Å²) in [5.74, 6) is 5.42. The standard InChI is InChI=1S/C15H13FOS/c1-11(17)2-7-14-8-9-15(18-14)10-12-3-5-13(16)6-4-12/h3-6,8-9,11,17H,10H2,1H3/t11-/m0/s1. The summed E-state index contributed by atoms with van der Waals surface area (Å²) in [5.41, 5.74) is 1.08. The summed E-state index contributed by atoms with van der Waals surface area (Å²) in [7, 11) is 0. The molecule has 0 aliphatic carbocycles. The third-order valence-electron chi connectivity index (χ3n) is 2.36. The Labute approximate surface area is 110 Å². The molecule has 2 aromatic rings. The molecule has 0 radical (unpaired) electrons.